The second-order valence-corrected chi connectivity index (χ2v) is 10.0. The minimum absolute atomic E-state index is 0.274. The number of aryl methyl sites for hydroxylation is 1. The summed E-state index contributed by atoms with van der Waals surface area (Å²) in [5, 5.41) is 0. The molecular weight excluding hydrogens is 352 g/mol. The number of hydrogen-bond donors (Lipinski definition) is 0. The second kappa shape index (κ2) is 7.52. The predicted octanol–water partition coefficient (Wildman–Crippen LogP) is 7.37. The standard InChI is InChI=1S/C27H38N2/c1-20-12-10-11-17-25(20)29-21(2)26-27(18-19-28(26)22(29)3,23-13-6-4-7-14-23)24-15-8-5-9-16-24/h10-12,17-19,22-24H,4-9,13-16H2,1-3H3. The molecule has 0 spiro atoms. The molecule has 2 heterocycles. The van der Waals surface area contributed by atoms with Gasteiger partial charge in [0.05, 0.1) is 0 Å². The van der Waals surface area contributed by atoms with E-state index in [2.05, 4.69) is 67.1 Å². The molecule has 1 unspecified atom stereocenters. The van der Waals surface area contributed by atoms with Gasteiger partial charge in [0.1, 0.15) is 6.17 Å². The third kappa shape index (κ3) is 2.89. The summed E-state index contributed by atoms with van der Waals surface area (Å²) in [4.78, 5) is 5.26. The first kappa shape index (κ1) is 19.3. The lowest BCUT2D eigenvalue weighted by Gasteiger charge is -2.47. The van der Waals surface area contributed by atoms with E-state index in [9.17, 15) is 0 Å². The van der Waals surface area contributed by atoms with E-state index >= 15 is 0 Å². The van der Waals surface area contributed by atoms with Gasteiger partial charge in [0.15, 0.2) is 0 Å². The Morgan fingerprint density at radius 1 is 0.828 bits per heavy atom. The Labute approximate surface area is 177 Å². The molecule has 2 nitrogen and oxygen atoms in total. The van der Waals surface area contributed by atoms with Crippen molar-refractivity contribution in [2.75, 3.05) is 4.90 Å². The summed E-state index contributed by atoms with van der Waals surface area (Å²) in [7, 11) is 0. The number of benzene rings is 1. The van der Waals surface area contributed by atoms with Crippen LogP contribution in [0.1, 0.15) is 83.6 Å². The molecule has 0 saturated heterocycles. The lowest BCUT2D eigenvalue weighted by molar-refractivity contribution is 0.0921. The number of fused-ring (bicyclic) bond motifs is 1. The number of rotatable bonds is 3. The van der Waals surface area contributed by atoms with Gasteiger partial charge in [-0.3, -0.25) is 0 Å². The Bertz CT molecular complexity index is 790. The van der Waals surface area contributed by atoms with Gasteiger partial charge in [-0.25, -0.2) is 0 Å². The van der Waals surface area contributed by atoms with E-state index in [1.54, 1.807) is 5.70 Å². The van der Waals surface area contributed by atoms with Crippen molar-refractivity contribution in [1.29, 1.82) is 0 Å². The van der Waals surface area contributed by atoms with Crippen molar-refractivity contribution in [3.63, 3.8) is 0 Å². The Hall–Kier alpha value is -1.70. The van der Waals surface area contributed by atoms with Crippen molar-refractivity contribution >= 4 is 5.69 Å². The average molecular weight is 391 g/mol. The first-order chi connectivity index (χ1) is 14.1. The maximum atomic E-state index is 2.68. The molecule has 2 fully saturated rings. The summed E-state index contributed by atoms with van der Waals surface area (Å²) in [6.45, 7) is 7.06. The maximum Gasteiger partial charge on any atom is 0.107 e. The Kier molecular flexibility index (Phi) is 5.00. The zero-order chi connectivity index (χ0) is 20.0. The van der Waals surface area contributed by atoms with Crippen LogP contribution in [0.2, 0.25) is 0 Å². The third-order valence-corrected chi connectivity index (χ3v) is 8.60. The number of anilines is 1. The van der Waals surface area contributed by atoms with E-state index in [1.807, 2.05) is 0 Å². The topological polar surface area (TPSA) is 6.48 Å². The fraction of sp³-hybridized carbons (Fsp3) is 0.630. The lowest BCUT2D eigenvalue weighted by atomic mass is 9.57. The molecule has 0 bridgehead atoms. The summed E-state index contributed by atoms with van der Waals surface area (Å²) in [5.41, 5.74) is 6.20. The summed E-state index contributed by atoms with van der Waals surface area (Å²) < 4.78 is 0. The van der Waals surface area contributed by atoms with E-state index in [4.69, 9.17) is 0 Å². The van der Waals surface area contributed by atoms with E-state index in [0.29, 0.717) is 6.17 Å². The molecule has 2 heteroatoms. The molecule has 1 aromatic carbocycles. The molecule has 29 heavy (non-hydrogen) atoms. The summed E-state index contributed by atoms with van der Waals surface area (Å²) in [6, 6.07) is 8.93. The van der Waals surface area contributed by atoms with Gasteiger partial charge in [-0.15, -0.1) is 0 Å². The molecule has 4 aliphatic rings. The average Bonchev–Trinajstić information content (AvgIpc) is 3.28. The molecule has 0 aromatic heterocycles. The predicted molar refractivity (Wildman–Crippen MR) is 122 cm³/mol. The maximum absolute atomic E-state index is 2.68. The van der Waals surface area contributed by atoms with Crippen LogP contribution in [0.5, 0.6) is 0 Å². The van der Waals surface area contributed by atoms with Crippen molar-refractivity contribution in [2.45, 2.75) is 91.1 Å². The molecule has 2 aliphatic carbocycles. The quantitative estimate of drug-likeness (QED) is 0.531. The molecule has 1 aromatic rings. The van der Waals surface area contributed by atoms with Crippen molar-refractivity contribution in [3.05, 3.63) is 53.5 Å². The normalized spacial score (nSPS) is 27.8. The molecule has 2 saturated carbocycles. The molecule has 156 valence electrons. The minimum atomic E-state index is 0.274. The van der Waals surface area contributed by atoms with Gasteiger partial charge in [0.25, 0.3) is 0 Å². The van der Waals surface area contributed by atoms with Gasteiger partial charge < -0.3 is 9.80 Å². The number of para-hydroxylation sites is 1. The first-order valence-corrected chi connectivity index (χ1v) is 12.2. The van der Waals surface area contributed by atoms with Crippen LogP contribution in [0.3, 0.4) is 0 Å². The zero-order valence-electron chi connectivity index (χ0n) is 18.7. The van der Waals surface area contributed by atoms with Crippen LogP contribution in [0, 0.1) is 24.2 Å². The van der Waals surface area contributed by atoms with Crippen LogP contribution in [-0.2, 0) is 0 Å². The van der Waals surface area contributed by atoms with Crippen molar-refractivity contribution in [3.8, 4) is 0 Å². The number of allylic oxidation sites excluding steroid dienone is 2. The van der Waals surface area contributed by atoms with E-state index in [1.165, 1.54) is 81.2 Å². The highest BCUT2D eigenvalue weighted by Crippen LogP contribution is 2.60. The van der Waals surface area contributed by atoms with Gasteiger partial charge in [-0.05, 0) is 69.9 Å². The summed E-state index contributed by atoms with van der Waals surface area (Å²) >= 11 is 0. The van der Waals surface area contributed by atoms with Crippen molar-refractivity contribution in [1.82, 2.24) is 4.90 Å². The second-order valence-electron chi connectivity index (χ2n) is 10.0. The SMILES string of the molecule is CC1=C2N(C=CC2(C2CCCCC2)C2CCCCC2)C(C)N1c1ccccc1C. The van der Waals surface area contributed by atoms with E-state index < -0.39 is 0 Å². The molecule has 1 atom stereocenters. The fourth-order valence-electron chi connectivity index (χ4n) is 7.28. The van der Waals surface area contributed by atoms with Crippen LogP contribution in [0.4, 0.5) is 5.69 Å². The number of nitrogens with zero attached hydrogens (tertiary/aromatic N) is 2. The van der Waals surface area contributed by atoms with Gasteiger partial charge in [-0.2, -0.15) is 0 Å². The largest absolute Gasteiger partial charge is 0.328 e. The molecular formula is C27H38N2. The van der Waals surface area contributed by atoms with Crippen LogP contribution in [-0.4, -0.2) is 11.1 Å². The molecule has 0 N–H and O–H groups in total. The van der Waals surface area contributed by atoms with E-state index in [-0.39, 0.29) is 5.41 Å². The highest BCUT2D eigenvalue weighted by molar-refractivity contribution is 5.62. The van der Waals surface area contributed by atoms with Crippen LogP contribution in [0.25, 0.3) is 0 Å². The number of hydrogen-bond acceptors (Lipinski definition) is 2. The van der Waals surface area contributed by atoms with Gasteiger partial charge >= 0.3 is 0 Å². The van der Waals surface area contributed by atoms with Gasteiger partial charge in [0, 0.05) is 28.7 Å². The molecule has 0 amide bonds. The summed E-state index contributed by atoms with van der Waals surface area (Å²) in [5.74, 6) is 1.66. The Morgan fingerprint density at radius 3 is 2.00 bits per heavy atom. The monoisotopic (exact) mass is 390 g/mol. The van der Waals surface area contributed by atoms with Crippen molar-refractivity contribution in [2.24, 2.45) is 17.3 Å². The lowest BCUT2D eigenvalue weighted by Crippen LogP contribution is -2.41. The van der Waals surface area contributed by atoms with Gasteiger partial charge in [-0.1, -0.05) is 62.8 Å². The Morgan fingerprint density at radius 2 is 1.41 bits per heavy atom. The third-order valence-electron chi connectivity index (χ3n) is 8.60. The fourth-order valence-corrected chi connectivity index (χ4v) is 7.28. The molecule has 5 rings (SSSR count). The molecule has 0 radical (unpaired) electrons. The van der Waals surface area contributed by atoms with E-state index in [0.717, 1.165) is 11.8 Å². The van der Waals surface area contributed by atoms with Crippen LogP contribution < -0.4 is 4.90 Å². The minimum Gasteiger partial charge on any atom is -0.328 e. The van der Waals surface area contributed by atoms with Crippen LogP contribution >= 0.6 is 0 Å². The van der Waals surface area contributed by atoms with Crippen LogP contribution in [0.15, 0.2) is 47.9 Å². The molecule has 2 aliphatic heterocycles. The highest BCUT2D eigenvalue weighted by Gasteiger charge is 2.55. The highest BCUT2D eigenvalue weighted by atomic mass is 15.4. The zero-order valence-corrected chi connectivity index (χ0v) is 18.7. The van der Waals surface area contributed by atoms with Gasteiger partial charge in [0.2, 0.25) is 0 Å². The Balaban J connectivity index is 1.62. The summed E-state index contributed by atoms with van der Waals surface area (Å²) in [6.07, 6.45) is 19.8. The van der Waals surface area contributed by atoms with Crippen molar-refractivity contribution < 1.29 is 0 Å². The first-order valence-electron chi connectivity index (χ1n) is 12.2. The smallest absolute Gasteiger partial charge is 0.107 e.